The number of nitrogens with zero attached hydrogens (tertiary/aromatic N) is 2. The maximum atomic E-state index is 6.07. The predicted octanol–water partition coefficient (Wildman–Crippen LogP) is 3.50. The second-order valence-corrected chi connectivity index (χ2v) is 4.72. The van der Waals surface area contributed by atoms with Crippen LogP contribution in [0, 0.1) is 6.92 Å². The lowest BCUT2D eigenvalue weighted by atomic mass is 10.1. The van der Waals surface area contributed by atoms with Crippen molar-refractivity contribution in [1.29, 1.82) is 0 Å². The first-order valence-corrected chi connectivity index (χ1v) is 6.35. The van der Waals surface area contributed by atoms with E-state index >= 15 is 0 Å². The van der Waals surface area contributed by atoms with Gasteiger partial charge in [0, 0.05) is 10.6 Å². The maximum Gasteiger partial charge on any atom is 0.258 e. The van der Waals surface area contributed by atoms with Crippen molar-refractivity contribution in [3.05, 3.63) is 34.6 Å². The number of hydrogen-bond acceptors (Lipinski definition) is 4. The quantitative estimate of drug-likeness (QED) is 0.919. The Morgan fingerprint density at radius 1 is 1.44 bits per heavy atom. The summed E-state index contributed by atoms with van der Waals surface area (Å²) in [7, 11) is 0. The summed E-state index contributed by atoms with van der Waals surface area (Å²) in [5.41, 5.74) is 7.77. The molecule has 18 heavy (non-hydrogen) atoms. The molecule has 0 saturated heterocycles. The Kier molecular flexibility index (Phi) is 3.99. The molecule has 0 fully saturated rings. The molecule has 0 aliphatic heterocycles. The van der Waals surface area contributed by atoms with Crippen LogP contribution in [0.25, 0.3) is 11.5 Å². The van der Waals surface area contributed by atoms with Gasteiger partial charge in [0.1, 0.15) is 0 Å². The van der Waals surface area contributed by atoms with E-state index in [2.05, 4.69) is 17.1 Å². The molecule has 1 unspecified atom stereocenters. The number of benzene rings is 1. The highest BCUT2D eigenvalue weighted by molar-refractivity contribution is 6.31. The van der Waals surface area contributed by atoms with Crippen molar-refractivity contribution >= 4 is 11.6 Å². The van der Waals surface area contributed by atoms with Gasteiger partial charge < -0.3 is 10.3 Å². The normalized spacial score (nSPS) is 12.7. The van der Waals surface area contributed by atoms with Crippen LogP contribution in [0.4, 0.5) is 0 Å². The summed E-state index contributed by atoms with van der Waals surface area (Å²) in [4.78, 5) is 4.31. The van der Waals surface area contributed by atoms with Gasteiger partial charge in [-0.1, -0.05) is 36.2 Å². The second-order valence-electron chi connectivity index (χ2n) is 4.32. The molecule has 1 aromatic carbocycles. The molecule has 4 nitrogen and oxygen atoms in total. The first-order chi connectivity index (χ1) is 8.61. The number of rotatable bonds is 4. The molecule has 0 radical (unpaired) electrons. The number of aromatic nitrogens is 2. The van der Waals surface area contributed by atoms with Crippen LogP contribution in [0.15, 0.2) is 22.7 Å². The van der Waals surface area contributed by atoms with Crippen molar-refractivity contribution in [2.75, 3.05) is 0 Å². The minimum atomic E-state index is -0.173. The zero-order chi connectivity index (χ0) is 13.1. The Balaban J connectivity index is 2.26. The Labute approximate surface area is 111 Å². The average Bonchev–Trinajstić information content (AvgIpc) is 2.82. The molecule has 0 bridgehead atoms. The number of nitrogens with two attached hydrogens (primary N) is 1. The Morgan fingerprint density at radius 2 is 2.22 bits per heavy atom. The lowest BCUT2D eigenvalue weighted by Crippen LogP contribution is -2.11. The second kappa shape index (κ2) is 5.50. The summed E-state index contributed by atoms with van der Waals surface area (Å²) in [6, 6.07) is 5.48. The molecule has 1 aromatic heterocycles. The van der Waals surface area contributed by atoms with Crippen molar-refractivity contribution < 1.29 is 4.52 Å². The van der Waals surface area contributed by atoms with Crippen molar-refractivity contribution in [1.82, 2.24) is 10.1 Å². The molecule has 0 saturated carbocycles. The van der Waals surface area contributed by atoms with Crippen LogP contribution >= 0.6 is 11.6 Å². The summed E-state index contributed by atoms with van der Waals surface area (Å²) >= 11 is 6.07. The SMILES string of the molecule is CCCC(N)c1noc(-c2ccc(C)c(Cl)c2)n1. The van der Waals surface area contributed by atoms with Gasteiger partial charge in [0.2, 0.25) is 0 Å². The summed E-state index contributed by atoms with van der Waals surface area (Å²) in [5, 5.41) is 4.59. The Morgan fingerprint density at radius 3 is 2.89 bits per heavy atom. The zero-order valence-corrected chi connectivity index (χ0v) is 11.2. The van der Waals surface area contributed by atoms with Crippen LogP contribution in [-0.2, 0) is 0 Å². The summed E-state index contributed by atoms with van der Waals surface area (Å²) in [6.07, 6.45) is 1.83. The third-order valence-corrected chi connectivity index (χ3v) is 3.20. The van der Waals surface area contributed by atoms with Gasteiger partial charge >= 0.3 is 0 Å². The lowest BCUT2D eigenvalue weighted by molar-refractivity contribution is 0.413. The highest BCUT2D eigenvalue weighted by Crippen LogP contribution is 2.25. The van der Waals surface area contributed by atoms with Crippen molar-refractivity contribution in [2.24, 2.45) is 5.73 Å². The van der Waals surface area contributed by atoms with Gasteiger partial charge in [-0.25, -0.2) is 0 Å². The molecule has 1 heterocycles. The van der Waals surface area contributed by atoms with Crippen molar-refractivity contribution in [3.63, 3.8) is 0 Å². The Hall–Kier alpha value is -1.39. The van der Waals surface area contributed by atoms with E-state index in [1.165, 1.54) is 0 Å². The van der Waals surface area contributed by atoms with E-state index in [-0.39, 0.29) is 6.04 Å². The van der Waals surface area contributed by atoms with E-state index in [4.69, 9.17) is 21.9 Å². The molecule has 0 aliphatic carbocycles. The molecule has 2 rings (SSSR count). The molecular weight excluding hydrogens is 250 g/mol. The summed E-state index contributed by atoms with van der Waals surface area (Å²) < 4.78 is 5.21. The fourth-order valence-corrected chi connectivity index (χ4v) is 1.85. The largest absolute Gasteiger partial charge is 0.334 e. The fraction of sp³-hybridized carbons (Fsp3) is 0.385. The molecular formula is C13H16ClN3O. The lowest BCUT2D eigenvalue weighted by Gasteiger charge is -2.02. The maximum absolute atomic E-state index is 6.07. The average molecular weight is 266 g/mol. The van der Waals surface area contributed by atoms with Gasteiger partial charge in [-0.15, -0.1) is 0 Å². The molecule has 5 heteroatoms. The number of aryl methyl sites for hydroxylation is 1. The van der Waals surface area contributed by atoms with E-state index in [9.17, 15) is 0 Å². The fourth-order valence-electron chi connectivity index (χ4n) is 1.67. The molecule has 96 valence electrons. The van der Waals surface area contributed by atoms with E-state index in [0.29, 0.717) is 16.7 Å². The number of hydrogen-bond donors (Lipinski definition) is 1. The molecule has 0 spiro atoms. The molecule has 0 aliphatic rings. The highest BCUT2D eigenvalue weighted by Gasteiger charge is 2.14. The summed E-state index contributed by atoms with van der Waals surface area (Å²) in [5.74, 6) is 1.00. The third kappa shape index (κ3) is 2.71. The minimum Gasteiger partial charge on any atom is -0.334 e. The first kappa shape index (κ1) is 13.1. The van der Waals surface area contributed by atoms with Gasteiger partial charge in [0.15, 0.2) is 5.82 Å². The van der Waals surface area contributed by atoms with Crippen LogP contribution in [-0.4, -0.2) is 10.1 Å². The van der Waals surface area contributed by atoms with Gasteiger partial charge in [-0.3, -0.25) is 0 Å². The van der Waals surface area contributed by atoms with Crippen LogP contribution in [0.5, 0.6) is 0 Å². The minimum absolute atomic E-state index is 0.173. The van der Waals surface area contributed by atoms with Gasteiger partial charge in [0.05, 0.1) is 6.04 Å². The van der Waals surface area contributed by atoms with Crippen LogP contribution in [0.1, 0.15) is 37.2 Å². The van der Waals surface area contributed by atoms with E-state index in [1.807, 2.05) is 25.1 Å². The summed E-state index contributed by atoms with van der Waals surface area (Å²) in [6.45, 7) is 4.02. The van der Waals surface area contributed by atoms with Crippen LogP contribution in [0.3, 0.4) is 0 Å². The Bertz CT molecular complexity index is 539. The van der Waals surface area contributed by atoms with E-state index < -0.39 is 0 Å². The highest BCUT2D eigenvalue weighted by atomic mass is 35.5. The van der Waals surface area contributed by atoms with Crippen molar-refractivity contribution in [2.45, 2.75) is 32.7 Å². The smallest absolute Gasteiger partial charge is 0.258 e. The van der Waals surface area contributed by atoms with Crippen LogP contribution in [0.2, 0.25) is 5.02 Å². The monoisotopic (exact) mass is 265 g/mol. The molecule has 1 atom stereocenters. The zero-order valence-electron chi connectivity index (χ0n) is 10.5. The topological polar surface area (TPSA) is 64.9 Å². The number of halogens is 1. The standard InChI is InChI=1S/C13H16ClN3O/c1-3-4-11(15)12-16-13(18-17-12)9-6-5-8(2)10(14)7-9/h5-7,11H,3-4,15H2,1-2H3. The predicted molar refractivity (Wildman–Crippen MR) is 71.3 cm³/mol. The molecule has 2 N–H and O–H groups in total. The van der Waals surface area contributed by atoms with Gasteiger partial charge in [-0.2, -0.15) is 4.98 Å². The van der Waals surface area contributed by atoms with Gasteiger partial charge in [0.25, 0.3) is 5.89 Å². The van der Waals surface area contributed by atoms with E-state index in [1.54, 1.807) is 0 Å². The van der Waals surface area contributed by atoms with Gasteiger partial charge in [-0.05, 0) is 31.0 Å². The van der Waals surface area contributed by atoms with Crippen molar-refractivity contribution in [3.8, 4) is 11.5 Å². The molecule has 2 aromatic rings. The van der Waals surface area contributed by atoms with E-state index in [0.717, 1.165) is 24.0 Å². The third-order valence-electron chi connectivity index (χ3n) is 2.79. The van der Waals surface area contributed by atoms with Crippen LogP contribution < -0.4 is 5.73 Å². The molecule has 0 amide bonds. The first-order valence-electron chi connectivity index (χ1n) is 5.97.